The zero-order valence-electron chi connectivity index (χ0n) is 14.7. The van der Waals surface area contributed by atoms with Crippen LogP contribution >= 0.6 is 23.1 Å². The van der Waals surface area contributed by atoms with E-state index in [1.54, 1.807) is 18.3 Å². The molecule has 1 amide bonds. The quantitative estimate of drug-likeness (QED) is 0.627. The number of hydrogen-bond acceptors (Lipinski definition) is 7. The molecule has 2 aromatic rings. The number of aryl methyl sites for hydroxylation is 3. The van der Waals surface area contributed by atoms with E-state index in [9.17, 15) is 13.2 Å². The van der Waals surface area contributed by atoms with Crippen LogP contribution in [0.15, 0.2) is 5.03 Å². The second-order valence-corrected chi connectivity index (χ2v) is 11.1. The third-order valence-electron chi connectivity index (χ3n) is 4.39. The Kier molecular flexibility index (Phi) is 4.85. The Morgan fingerprint density at radius 2 is 2.04 bits per heavy atom. The molecule has 1 N–H and O–H groups in total. The average molecular weight is 400 g/mol. The summed E-state index contributed by atoms with van der Waals surface area (Å²) >= 11 is 3.01. The van der Waals surface area contributed by atoms with Gasteiger partial charge in [0, 0.05) is 10.3 Å². The third kappa shape index (κ3) is 3.98. The molecule has 1 aliphatic rings. The van der Waals surface area contributed by atoms with Crippen LogP contribution in [-0.2, 0) is 14.6 Å². The molecule has 2 aromatic heterocycles. The summed E-state index contributed by atoms with van der Waals surface area (Å²) in [6.45, 7) is 7.73. The Balaban J connectivity index is 1.74. The van der Waals surface area contributed by atoms with Gasteiger partial charge in [-0.2, -0.15) is 0 Å². The first-order valence-electron chi connectivity index (χ1n) is 7.97. The molecule has 9 heteroatoms. The van der Waals surface area contributed by atoms with Gasteiger partial charge in [-0.1, -0.05) is 11.8 Å². The van der Waals surface area contributed by atoms with Crippen molar-refractivity contribution >= 4 is 49.1 Å². The number of amides is 1. The second-order valence-electron chi connectivity index (χ2n) is 6.78. The summed E-state index contributed by atoms with van der Waals surface area (Å²) in [5.41, 5.74) is 0.485. The van der Waals surface area contributed by atoms with Crippen LogP contribution in [0.25, 0.3) is 10.2 Å². The number of thiophene rings is 1. The minimum absolute atomic E-state index is 0.0100. The molecule has 1 fully saturated rings. The van der Waals surface area contributed by atoms with Gasteiger partial charge in [-0.15, -0.1) is 11.3 Å². The maximum absolute atomic E-state index is 12.3. The fourth-order valence-corrected chi connectivity index (χ4v) is 7.20. The highest BCUT2D eigenvalue weighted by molar-refractivity contribution is 8.00. The zero-order chi connectivity index (χ0) is 18.4. The third-order valence-corrected chi connectivity index (χ3v) is 8.37. The smallest absolute Gasteiger partial charge is 0.230 e. The van der Waals surface area contributed by atoms with E-state index in [0.29, 0.717) is 12.2 Å². The van der Waals surface area contributed by atoms with E-state index in [2.05, 4.69) is 22.2 Å². The van der Waals surface area contributed by atoms with Crippen LogP contribution in [0.3, 0.4) is 0 Å². The van der Waals surface area contributed by atoms with Gasteiger partial charge in [-0.3, -0.25) is 4.79 Å². The van der Waals surface area contributed by atoms with E-state index in [1.165, 1.54) is 16.6 Å². The largest absolute Gasteiger partial charge is 0.349 e. The number of sulfone groups is 1. The Morgan fingerprint density at radius 1 is 1.32 bits per heavy atom. The average Bonchev–Trinajstić information content (AvgIpc) is 2.92. The molecule has 3 heterocycles. The van der Waals surface area contributed by atoms with Crippen molar-refractivity contribution in [1.82, 2.24) is 15.3 Å². The van der Waals surface area contributed by atoms with Crippen LogP contribution in [0.4, 0.5) is 0 Å². The predicted octanol–water partition coefficient (Wildman–Crippen LogP) is 2.40. The van der Waals surface area contributed by atoms with Gasteiger partial charge in [0.2, 0.25) is 5.91 Å². The fourth-order valence-electron chi connectivity index (χ4n) is 3.03. The highest BCUT2D eigenvalue weighted by atomic mass is 32.2. The molecule has 3 rings (SSSR count). The molecule has 0 spiro atoms. The topological polar surface area (TPSA) is 89.0 Å². The van der Waals surface area contributed by atoms with Gasteiger partial charge in [-0.25, -0.2) is 18.4 Å². The Hall–Kier alpha value is -1.19. The Morgan fingerprint density at radius 3 is 2.68 bits per heavy atom. The first kappa shape index (κ1) is 18.6. The van der Waals surface area contributed by atoms with Crippen molar-refractivity contribution in [2.24, 2.45) is 0 Å². The van der Waals surface area contributed by atoms with Crippen molar-refractivity contribution in [2.75, 3.05) is 17.3 Å². The van der Waals surface area contributed by atoms with Crippen molar-refractivity contribution in [1.29, 1.82) is 0 Å². The van der Waals surface area contributed by atoms with Crippen molar-refractivity contribution in [2.45, 2.75) is 44.7 Å². The van der Waals surface area contributed by atoms with Gasteiger partial charge in [0.25, 0.3) is 0 Å². The monoisotopic (exact) mass is 399 g/mol. The molecule has 1 saturated heterocycles. The molecule has 0 radical (unpaired) electrons. The summed E-state index contributed by atoms with van der Waals surface area (Å²) < 4.78 is 23.3. The molecule has 0 unspecified atom stereocenters. The molecule has 1 aliphatic heterocycles. The minimum atomic E-state index is -3.04. The van der Waals surface area contributed by atoms with Gasteiger partial charge in [0.15, 0.2) is 9.84 Å². The highest BCUT2D eigenvalue weighted by Gasteiger charge is 2.39. The summed E-state index contributed by atoms with van der Waals surface area (Å²) in [6.07, 6.45) is 0.464. The fraction of sp³-hybridized carbons (Fsp3) is 0.562. The van der Waals surface area contributed by atoms with Crippen LogP contribution in [0.2, 0.25) is 0 Å². The second kappa shape index (κ2) is 6.51. The molecule has 0 aromatic carbocycles. The normalized spacial score (nSPS) is 22.4. The van der Waals surface area contributed by atoms with Crippen molar-refractivity contribution in [3.8, 4) is 0 Å². The maximum atomic E-state index is 12.3. The first-order valence-corrected chi connectivity index (χ1v) is 11.6. The predicted molar refractivity (Wildman–Crippen MR) is 102 cm³/mol. The molecule has 0 bridgehead atoms. The summed E-state index contributed by atoms with van der Waals surface area (Å²) in [7, 11) is -3.04. The lowest BCUT2D eigenvalue weighted by molar-refractivity contribution is -0.120. The summed E-state index contributed by atoms with van der Waals surface area (Å²) in [5, 5.41) is 4.71. The Bertz CT molecular complexity index is 952. The van der Waals surface area contributed by atoms with Crippen LogP contribution in [-0.4, -0.2) is 47.1 Å². The maximum Gasteiger partial charge on any atom is 0.230 e. The van der Waals surface area contributed by atoms with Crippen LogP contribution < -0.4 is 5.32 Å². The lowest BCUT2D eigenvalue weighted by atomic mass is 10.0. The van der Waals surface area contributed by atoms with Gasteiger partial charge < -0.3 is 5.32 Å². The summed E-state index contributed by atoms with van der Waals surface area (Å²) in [6, 6.07) is 0. The van der Waals surface area contributed by atoms with Gasteiger partial charge in [0.05, 0.1) is 22.8 Å². The zero-order valence-corrected chi connectivity index (χ0v) is 17.1. The number of rotatable bonds is 4. The van der Waals surface area contributed by atoms with Gasteiger partial charge in [-0.05, 0) is 39.7 Å². The molecule has 25 heavy (non-hydrogen) atoms. The van der Waals surface area contributed by atoms with E-state index < -0.39 is 15.4 Å². The first-order chi connectivity index (χ1) is 11.6. The summed E-state index contributed by atoms with van der Waals surface area (Å²) in [5.74, 6) is 0.867. The van der Waals surface area contributed by atoms with Gasteiger partial charge >= 0.3 is 0 Å². The number of hydrogen-bond donors (Lipinski definition) is 1. The van der Waals surface area contributed by atoms with Crippen LogP contribution in [0.1, 0.15) is 29.6 Å². The number of nitrogens with one attached hydrogen (secondary N) is 1. The van der Waals surface area contributed by atoms with Crippen molar-refractivity contribution < 1.29 is 13.2 Å². The van der Waals surface area contributed by atoms with Crippen LogP contribution in [0.5, 0.6) is 0 Å². The number of aromatic nitrogens is 2. The van der Waals surface area contributed by atoms with Crippen LogP contribution in [0, 0.1) is 20.8 Å². The highest BCUT2D eigenvalue weighted by Crippen LogP contribution is 2.35. The lowest BCUT2D eigenvalue weighted by Gasteiger charge is -2.23. The molecular formula is C16H21N3O3S3. The molecule has 6 nitrogen and oxygen atoms in total. The molecule has 0 saturated carbocycles. The van der Waals surface area contributed by atoms with E-state index in [1.807, 2.05) is 13.8 Å². The van der Waals surface area contributed by atoms with Crippen molar-refractivity contribution in [3.63, 3.8) is 0 Å². The standard InChI is InChI=1S/C16H21N3O3S3/c1-9-10(2)24-15-13(9)14(17-11(3)18-15)23-7-12(20)19-16(4)5-6-25(21,22)8-16/h5-8H2,1-4H3,(H,19,20)/t16-/m1/s1. The van der Waals surface area contributed by atoms with E-state index >= 15 is 0 Å². The van der Waals surface area contributed by atoms with E-state index in [4.69, 9.17) is 0 Å². The number of nitrogens with zero attached hydrogens (tertiary/aromatic N) is 2. The summed E-state index contributed by atoms with van der Waals surface area (Å²) in [4.78, 5) is 23.5. The van der Waals surface area contributed by atoms with E-state index in [0.717, 1.165) is 20.8 Å². The SMILES string of the molecule is Cc1nc(SCC(=O)N[C@]2(C)CCS(=O)(=O)C2)c2c(C)c(C)sc2n1. The van der Waals surface area contributed by atoms with Crippen molar-refractivity contribution in [3.05, 3.63) is 16.3 Å². The Labute approximate surface area is 155 Å². The molecule has 136 valence electrons. The number of carbonyl (C=O) groups is 1. The molecular weight excluding hydrogens is 378 g/mol. The lowest BCUT2D eigenvalue weighted by Crippen LogP contribution is -2.47. The van der Waals surface area contributed by atoms with E-state index in [-0.39, 0.29) is 23.2 Å². The number of carbonyl (C=O) groups excluding carboxylic acids is 1. The molecule has 1 atom stereocenters. The number of thioether (sulfide) groups is 1. The van der Waals surface area contributed by atoms with Gasteiger partial charge in [0.1, 0.15) is 15.7 Å². The minimum Gasteiger partial charge on any atom is -0.349 e. The number of fused-ring (bicyclic) bond motifs is 1. The molecule has 0 aliphatic carbocycles.